The molecule has 1 aromatic carbocycles. The van der Waals surface area contributed by atoms with Crippen molar-refractivity contribution in [3.63, 3.8) is 0 Å². The van der Waals surface area contributed by atoms with Crippen molar-refractivity contribution in [2.75, 3.05) is 5.32 Å². The van der Waals surface area contributed by atoms with Gasteiger partial charge >= 0.3 is 0 Å². The topological polar surface area (TPSA) is 24.4 Å². The third kappa shape index (κ3) is 3.84. The van der Waals surface area contributed by atoms with Gasteiger partial charge < -0.3 is 5.32 Å². The van der Waals surface area contributed by atoms with E-state index >= 15 is 0 Å². The van der Waals surface area contributed by atoms with E-state index < -0.39 is 0 Å². The van der Waals surface area contributed by atoms with Gasteiger partial charge in [0.05, 0.1) is 11.4 Å². The minimum atomic E-state index is 0.148. The van der Waals surface area contributed by atoms with E-state index in [2.05, 4.69) is 50.4 Å². The molecule has 1 aromatic rings. The molecule has 0 bridgehead atoms. The van der Waals surface area contributed by atoms with Gasteiger partial charge in [-0.15, -0.1) is 0 Å². The molecule has 20 heavy (non-hydrogen) atoms. The van der Waals surface area contributed by atoms with E-state index in [1.807, 2.05) is 0 Å². The Kier molecular flexibility index (Phi) is 5.22. The third-order valence-corrected chi connectivity index (χ3v) is 4.11. The number of hydrogen-bond donors (Lipinski definition) is 1. The SMILES string of the molecule is CCCCC1=Nc2ccccc2NC(C)(CCCC)C1. The fourth-order valence-electron chi connectivity index (χ4n) is 2.95. The summed E-state index contributed by atoms with van der Waals surface area (Å²) in [5, 5.41) is 3.76. The van der Waals surface area contributed by atoms with Crippen molar-refractivity contribution in [3.8, 4) is 0 Å². The molecule has 0 fully saturated rings. The Morgan fingerprint density at radius 2 is 1.90 bits per heavy atom. The van der Waals surface area contributed by atoms with Crippen molar-refractivity contribution >= 4 is 17.1 Å². The predicted molar refractivity (Wildman–Crippen MR) is 89.2 cm³/mol. The summed E-state index contributed by atoms with van der Waals surface area (Å²) in [6.07, 6.45) is 8.41. The molecule has 1 aliphatic rings. The summed E-state index contributed by atoms with van der Waals surface area (Å²) in [4.78, 5) is 4.93. The fourth-order valence-corrected chi connectivity index (χ4v) is 2.95. The second-order valence-corrected chi connectivity index (χ2v) is 6.26. The van der Waals surface area contributed by atoms with Gasteiger partial charge in [-0.1, -0.05) is 45.2 Å². The third-order valence-electron chi connectivity index (χ3n) is 4.11. The molecule has 2 rings (SSSR count). The first-order valence-electron chi connectivity index (χ1n) is 8.10. The molecule has 1 heterocycles. The largest absolute Gasteiger partial charge is 0.378 e. The lowest BCUT2D eigenvalue weighted by Gasteiger charge is -2.31. The highest BCUT2D eigenvalue weighted by Crippen LogP contribution is 2.35. The summed E-state index contributed by atoms with van der Waals surface area (Å²) in [5.74, 6) is 0. The van der Waals surface area contributed by atoms with E-state index in [4.69, 9.17) is 4.99 Å². The summed E-state index contributed by atoms with van der Waals surface area (Å²) < 4.78 is 0. The van der Waals surface area contributed by atoms with Crippen LogP contribution in [0.1, 0.15) is 65.7 Å². The molecule has 0 aromatic heterocycles. The molecule has 0 spiro atoms. The van der Waals surface area contributed by atoms with Crippen molar-refractivity contribution < 1.29 is 0 Å². The average molecular weight is 272 g/mol. The maximum atomic E-state index is 4.93. The summed E-state index contributed by atoms with van der Waals surface area (Å²) in [6.45, 7) is 6.87. The zero-order valence-electron chi connectivity index (χ0n) is 13.2. The van der Waals surface area contributed by atoms with Crippen molar-refractivity contribution in [2.24, 2.45) is 4.99 Å². The summed E-state index contributed by atoms with van der Waals surface area (Å²) in [6, 6.07) is 8.46. The molecule has 0 saturated carbocycles. The Hall–Kier alpha value is -1.31. The number of hydrogen-bond acceptors (Lipinski definition) is 2. The van der Waals surface area contributed by atoms with Crippen LogP contribution in [0.5, 0.6) is 0 Å². The Balaban J connectivity index is 2.26. The predicted octanol–water partition coefficient (Wildman–Crippen LogP) is 5.71. The van der Waals surface area contributed by atoms with Crippen LogP contribution in [-0.4, -0.2) is 11.3 Å². The molecule has 0 radical (unpaired) electrons. The van der Waals surface area contributed by atoms with Crippen LogP contribution >= 0.6 is 0 Å². The second kappa shape index (κ2) is 6.92. The molecule has 1 aliphatic heterocycles. The van der Waals surface area contributed by atoms with Gasteiger partial charge in [0.1, 0.15) is 0 Å². The van der Waals surface area contributed by atoms with E-state index in [0.717, 1.165) is 18.5 Å². The van der Waals surface area contributed by atoms with Crippen molar-refractivity contribution in [3.05, 3.63) is 24.3 Å². The molecule has 0 saturated heterocycles. The molecule has 1 atom stereocenters. The van der Waals surface area contributed by atoms with Crippen molar-refractivity contribution in [1.82, 2.24) is 0 Å². The van der Waals surface area contributed by atoms with Crippen LogP contribution in [0, 0.1) is 0 Å². The smallest absolute Gasteiger partial charge is 0.0860 e. The number of unbranched alkanes of at least 4 members (excludes halogenated alkanes) is 2. The molecule has 2 nitrogen and oxygen atoms in total. The second-order valence-electron chi connectivity index (χ2n) is 6.26. The van der Waals surface area contributed by atoms with Crippen LogP contribution in [0.4, 0.5) is 11.4 Å². The van der Waals surface area contributed by atoms with Crippen LogP contribution in [0.3, 0.4) is 0 Å². The van der Waals surface area contributed by atoms with Gasteiger partial charge in [0.2, 0.25) is 0 Å². The average Bonchev–Trinajstić information content (AvgIpc) is 2.58. The molecular weight excluding hydrogens is 244 g/mol. The van der Waals surface area contributed by atoms with E-state index in [-0.39, 0.29) is 5.54 Å². The van der Waals surface area contributed by atoms with Crippen LogP contribution in [0.25, 0.3) is 0 Å². The van der Waals surface area contributed by atoms with Crippen LogP contribution in [0.15, 0.2) is 29.3 Å². The number of rotatable bonds is 6. The van der Waals surface area contributed by atoms with Gasteiger partial charge in [0.25, 0.3) is 0 Å². The molecule has 0 aliphatic carbocycles. The van der Waals surface area contributed by atoms with E-state index in [1.165, 1.54) is 43.5 Å². The number of nitrogens with zero attached hydrogens (tertiary/aromatic N) is 1. The fraction of sp³-hybridized carbons (Fsp3) is 0.611. The summed E-state index contributed by atoms with van der Waals surface area (Å²) >= 11 is 0. The normalized spacial score (nSPS) is 21.6. The minimum absolute atomic E-state index is 0.148. The summed E-state index contributed by atoms with van der Waals surface area (Å²) in [5.41, 5.74) is 3.81. The van der Waals surface area contributed by atoms with E-state index in [0.29, 0.717) is 0 Å². The van der Waals surface area contributed by atoms with E-state index in [1.54, 1.807) is 0 Å². The maximum absolute atomic E-state index is 4.93. The Bertz CT molecular complexity index is 464. The molecule has 0 amide bonds. The monoisotopic (exact) mass is 272 g/mol. The number of nitrogens with one attached hydrogen (secondary N) is 1. The van der Waals surface area contributed by atoms with Gasteiger partial charge in [0, 0.05) is 17.7 Å². The van der Waals surface area contributed by atoms with Gasteiger partial charge in [-0.05, 0) is 38.3 Å². The quantitative estimate of drug-likeness (QED) is 0.704. The van der Waals surface area contributed by atoms with Gasteiger partial charge in [-0.2, -0.15) is 0 Å². The lowest BCUT2D eigenvalue weighted by atomic mass is 9.87. The molecule has 2 heteroatoms. The standard InChI is InChI=1S/C18H28N2/c1-4-6-10-15-14-18(3,13-7-5-2)20-17-12-9-8-11-16(17)19-15/h8-9,11-12,20H,4-7,10,13-14H2,1-3H3. The van der Waals surface area contributed by atoms with Crippen LogP contribution in [0.2, 0.25) is 0 Å². The zero-order valence-corrected chi connectivity index (χ0v) is 13.2. The van der Waals surface area contributed by atoms with Crippen LogP contribution < -0.4 is 5.32 Å². The van der Waals surface area contributed by atoms with Crippen molar-refractivity contribution in [2.45, 2.75) is 71.3 Å². The number of aliphatic imine (C=N–C) groups is 1. The van der Waals surface area contributed by atoms with E-state index in [9.17, 15) is 0 Å². The summed E-state index contributed by atoms with van der Waals surface area (Å²) in [7, 11) is 0. The first kappa shape index (κ1) is 15.1. The number of benzene rings is 1. The highest BCUT2D eigenvalue weighted by Gasteiger charge is 2.28. The van der Waals surface area contributed by atoms with Crippen molar-refractivity contribution in [1.29, 1.82) is 0 Å². The van der Waals surface area contributed by atoms with Crippen LogP contribution in [-0.2, 0) is 0 Å². The lowest BCUT2D eigenvalue weighted by molar-refractivity contribution is 0.466. The number of para-hydroxylation sites is 2. The Labute approximate surface area is 123 Å². The highest BCUT2D eigenvalue weighted by atomic mass is 15.0. The highest BCUT2D eigenvalue weighted by molar-refractivity contribution is 5.91. The first-order chi connectivity index (χ1) is 9.67. The van der Waals surface area contributed by atoms with Gasteiger partial charge in [-0.3, -0.25) is 4.99 Å². The molecule has 1 N–H and O–H groups in total. The first-order valence-corrected chi connectivity index (χ1v) is 8.10. The maximum Gasteiger partial charge on any atom is 0.0860 e. The zero-order chi connectivity index (χ0) is 14.4. The lowest BCUT2D eigenvalue weighted by Crippen LogP contribution is -2.36. The van der Waals surface area contributed by atoms with Gasteiger partial charge in [-0.25, -0.2) is 0 Å². The molecule has 110 valence electrons. The van der Waals surface area contributed by atoms with Gasteiger partial charge in [0.15, 0.2) is 0 Å². The Morgan fingerprint density at radius 3 is 2.65 bits per heavy atom. The molecule has 1 unspecified atom stereocenters. The minimum Gasteiger partial charge on any atom is -0.378 e. The number of fused-ring (bicyclic) bond motifs is 1. The number of anilines is 1. The molecular formula is C18H28N2. The Morgan fingerprint density at radius 1 is 1.15 bits per heavy atom.